The number of rotatable bonds is 4. The summed E-state index contributed by atoms with van der Waals surface area (Å²) in [6, 6.07) is 0. The summed E-state index contributed by atoms with van der Waals surface area (Å²) in [6.07, 6.45) is -0.687. The monoisotopic (exact) mass is 182 g/mol. The molecular weight excluding hydrogens is 168 g/mol. The van der Waals surface area contributed by atoms with Crippen molar-refractivity contribution >= 4 is 10.2 Å². The minimum Gasteiger partial charge on any atom is -0.392 e. The van der Waals surface area contributed by atoms with Crippen molar-refractivity contribution in [3.8, 4) is 0 Å². The topological polar surface area (TPSA) is 83.6 Å². The van der Waals surface area contributed by atoms with Gasteiger partial charge in [0.2, 0.25) is 0 Å². The first kappa shape index (κ1) is 10.8. The molecule has 0 aromatic carbocycles. The van der Waals surface area contributed by atoms with Crippen LogP contribution in [0.1, 0.15) is 13.8 Å². The van der Waals surface area contributed by atoms with Crippen molar-refractivity contribution in [1.82, 2.24) is 4.31 Å². The van der Waals surface area contributed by atoms with E-state index >= 15 is 0 Å². The van der Waals surface area contributed by atoms with E-state index in [0.29, 0.717) is 0 Å². The molecule has 5 nitrogen and oxygen atoms in total. The SMILES string of the molecule is CCN(C[C@H](C)O)S(N)(=O)=O. The first-order valence-electron chi connectivity index (χ1n) is 3.33. The lowest BCUT2D eigenvalue weighted by atomic mass is 10.4. The molecule has 0 unspecified atom stereocenters. The minimum atomic E-state index is -3.64. The van der Waals surface area contributed by atoms with E-state index in [1.165, 1.54) is 6.92 Å². The van der Waals surface area contributed by atoms with Crippen LogP contribution in [-0.4, -0.2) is 37.0 Å². The minimum absolute atomic E-state index is 0.0509. The van der Waals surface area contributed by atoms with Crippen LogP contribution in [0, 0.1) is 0 Å². The number of hydrogen-bond acceptors (Lipinski definition) is 3. The first-order valence-corrected chi connectivity index (χ1v) is 4.84. The lowest BCUT2D eigenvalue weighted by molar-refractivity contribution is 0.165. The van der Waals surface area contributed by atoms with Crippen LogP contribution in [-0.2, 0) is 10.2 Å². The van der Waals surface area contributed by atoms with Crippen molar-refractivity contribution in [2.24, 2.45) is 5.14 Å². The summed E-state index contributed by atoms with van der Waals surface area (Å²) in [6.45, 7) is 3.50. The fourth-order valence-corrected chi connectivity index (χ4v) is 1.49. The molecule has 0 aromatic heterocycles. The predicted molar refractivity (Wildman–Crippen MR) is 42.0 cm³/mol. The van der Waals surface area contributed by atoms with Gasteiger partial charge in [0.05, 0.1) is 6.10 Å². The molecule has 0 fully saturated rings. The highest BCUT2D eigenvalue weighted by atomic mass is 32.2. The third-order valence-corrected chi connectivity index (χ3v) is 2.31. The molecule has 1 atom stereocenters. The van der Waals surface area contributed by atoms with Crippen molar-refractivity contribution in [3.05, 3.63) is 0 Å². The zero-order valence-corrected chi connectivity index (χ0v) is 7.50. The Kier molecular flexibility index (Phi) is 3.95. The van der Waals surface area contributed by atoms with Crippen molar-refractivity contribution in [3.63, 3.8) is 0 Å². The lowest BCUT2D eigenvalue weighted by Gasteiger charge is -2.18. The standard InChI is InChI=1S/C5H14N2O3S/c1-3-7(4-5(2)8)11(6,9)10/h5,8H,3-4H2,1-2H3,(H2,6,9,10)/t5-/m0/s1. The number of aliphatic hydroxyl groups excluding tert-OH is 1. The van der Waals surface area contributed by atoms with Gasteiger partial charge in [0.25, 0.3) is 10.2 Å². The summed E-state index contributed by atoms with van der Waals surface area (Å²) in [4.78, 5) is 0. The van der Waals surface area contributed by atoms with Gasteiger partial charge in [-0.05, 0) is 6.92 Å². The van der Waals surface area contributed by atoms with E-state index in [1.807, 2.05) is 0 Å². The van der Waals surface area contributed by atoms with Crippen molar-refractivity contribution in [2.75, 3.05) is 13.1 Å². The van der Waals surface area contributed by atoms with Gasteiger partial charge >= 0.3 is 0 Å². The van der Waals surface area contributed by atoms with Crippen LogP contribution in [0.4, 0.5) is 0 Å². The molecule has 0 aliphatic heterocycles. The first-order chi connectivity index (χ1) is 4.88. The maximum atomic E-state index is 10.7. The summed E-state index contributed by atoms with van der Waals surface area (Å²) in [7, 11) is -3.64. The molecule has 11 heavy (non-hydrogen) atoms. The Morgan fingerprint density at radius 2 is 2.09 bits per heavy atom. The maximum Gasteiger partial charge on any atom is 0.276 e. The third kappa shape index (κ3) is 4.31. The van der Waals surface area contributed by atoms with Gasteiger partial charge in [-0.2, -0.15) is 12.7 Å². The highest BCUT2D eigenvalue weighted by molar-refractivity contribution is 7.86. The summed E-state index contributed by atoms with van der Waals surface area (Å²) in [5, 5.41) is 13.7. The zero-order chi connectivity index (χ0) is 9.07. The van der Waals surface area contributed by atoms with Crippen LogP contribution in [0.25, 0.3) is 0 Å². The highest BCUT2D eigenvalue weighted by Gasteiger charge is 2.16. The van der Waals surface area contributed by atoms with Gasteiger partial charge in [0.15, 0.2) is 0 Å². The quantitative estimate of drug-likeness (QED) is 0.578. The Labute approximate surface area is 67.0 Å². The average Bonchev–Trinajstić information content (AvgIpc) is 1.79. The average molecular weight is 182 g/mol. The Hall–Kier alpha value is -0.170. The second-order valence-corrected chi connectivity index (χ2v) is 3.89. The highest BCUT2D eigenvalue weighted by Crippen LogP contribution is 1.95. The van der Waals surface area contributed by atoms with Gasteiger partial charge in [0, 0.05) is 13.1 Å². The molecule has 0 heterocycles. The summed E-state index contributed by atoms with van der Waals surface area (Å²) in [5.74, 6) is 0. The zero-order valence-electron chi connectivity index (χ0n) is 6.69. The Morgan fingerprint density at radius 1 is 1.64 bits per heavy atom. The fraction of sp³-hybridized carbons (Fsp3) is 1.00. The van der Waals surface area contributed by atoms with Crippen molar-refractivity contribution in [2.45, 2.75) is 20.0 Å². The molecule has 0 amide bonds. The van der Waals surface area contributed by atoms with Gasteiger partial charge in [-0.15, -0.1) is 0 Å². The molecule has 0 radical (unpaired) electrons. The van der Waals surface area contributed by atoms with E-state index in [-0.39, 0.29) is 13.1 Å². The van der Waals surface area contributed by atoms with Crippen LogP contribution in [0.5, 0.6) is 0 Å². The Balaban J connectivity index is 4.20. The molecule has 0 rings (SSSR count). The normalized spacial score (nSPS) is 15.4. The molecule has 0 aliphatic carbocycles. The Bertz CT molecular complexity index is 200. The predicted octanol–water partition coefficient (Wildman–Crippen LogP) is -1.11. The molecule has 0 saturated heterocycles. The fourth-order valence-electron chi connectivity index (χ4n) is 0.708. The van der Waals surface area contributed by atoms with E-state index in [1.54, 1.807) is 6.92 Å². The number of aliphatic hydroxyl groups is 1. The largest absolute Gasteiger partial charge is 0.392 e. The maximum absolute atomic E-state index is 10.7. The van der Waals surface area contributed by atoms with E-state index in [0.717, 1.165) is 4.31 Å². The molecule has 0 aliphatic rings. The van der Waals surface area contributed by atoms with Gasteiger partial charge in [-0.25, -0.2) is 5.14 Å². The van der Waals surface area contributed by atoms with E-state index in [9.17, 15) is 8.42 Å². The molecule has 0 spiro atoms. The number of hydrogen-bond donors (Lipinski definition) is 2. The number of nitrogens with two attached hydrogens (primary N) is 1. The smallest absolute Gasteiger partial charge is 0.276 e. The molecule has 0 bridgehead atoms. The summed E-state index contributed by atoms with van der Waals surface area (Å²) >= 11 is 0. The Morgan fingerprint density at radius 3 is 2.18 bits per heavy atom. The van der Waals surface area contributed by atoms with Crippen LogP contribution in [0.3, 0.4) is 0 Å². The van der Waals surface area contributed by atoms with E-state index < -0.39 is 16.3 Å². The molecule has 0 aromatic rings. The van der Waals surface area contributed by atoms with Crippen LogP contribution >= 0.6 is 0 Å². The van der Waals surface area contributed by atoms with Gasteiger partial charge in [-0.1, -0.05) is 6.92 Å². The van der Waals surface area contributed by atoms with Crippen molar-refractivity contribution in [1.29, 1.82) is 0 Å². The molecular formula is C5H14N2O3S. The second kappa shape index (κ2) is 4.01. The summed E-state index contributed by atoms with van der Waals surface area (Å²) in [5.41, 5.74) is 0. The van der Waals surface area contributed by atoms with Gasteiger partial charge in [-0.3, -0.25) is 0 Å². The van der Waals surface area contributed by atoms with Crippen molar-refractivity contribution < 1.29 is 13.5 Å². The molecule has 3 N–H and O–H groups in total. The van der Waals surface area contributed by atoms with E-state index in [4.69, 9.17) is 10.2 Å². The van der Waals surface area contributed by atoms with Crippen LogP contribution in [0.15, 0.2) is 0 Å². The third-order valence-electron chi connectivity index (χ3n) is 1.18. The van der Waals surface area contributed by atoms with Gasteiger partial charge in [0.1, 0.15) is 0 Å². The molecule has 68 valence electrons. The molecule has 6 heteroatoms. The van der Waals surface area contributed by atoms with Crippen LogP contribution < -0.4 is 5.14 Å². The number of likely N-dealkylation sites (N-methyl/N-ethyl adjacent to an activating group) is 1. The second-order valence-electron chi connectivity index (χ2n) is 2.34. The van der Waals surface area contributed by atoms with Gasteiger partial charge < -0.3 is 5.11 Å². The van der Waals surface area contributed by atoms with Crippen LogP contribution in [0.2, 0.25) is 0 Å². The molecule has 0 saturated carbocycles. The summed E-state index contributed by atoms with van der Waals surface area (Å²) < 4.78 is 22.4. The lowest BCUT2D eigenvalue weighted by Crippen LogP contribution is -2.40. The van der Waals surface area contributed by atoms with E-state index in [2.05, 4.69) is 0 Å². The number of nitrogens with zero attached hydrogens (tertiary/aromatic N) is 1.